The van der Waals surface area contributed by atoms with Crippen LogP contribution in [0.3, 0.4) is 0 Å². The van der Waals surface area contributed by atoms with Crippen LogP contribution in [0.4, 0.5) is 0 Å². The molecule has 96 valence electrons. The van der Waals surface area contributed by atoms with Gasteiger partial charge in [0.1, 0.15) is 0 Å². The van der Waals surface area contributed by atoms with Gasteiger partial charge < -0.3 is 23.8 Å². The van der Waals surface area contributed by atoms with Gasteiger partial charge in [-0.2, -0.15) is 0 Å². The fourth-order valence-corrected chi connectivity index (χ4v) is 0.381. The minimum atomic E-state index is -0.583. The summed E-state index contributed by atoms with van der Waals surface area (Å²) in [4.78, 5) is 15.4. The Bertz CT molecular complexity index is 87.1. The molecule has 0 amide bonds. The lowest BCUT2D eigenvalue weighted by Crippen LogP contribution is -2.19. The Balaban J connectivity index is -0.000000200. The van der Waals surface area contributed by atoms with Gasteiger partial charge in [0.05, 0.1) is 0 Å². The van der Waals surface area contributed by atoms with Crippen LogP contribution in [0.1, 0.15) is 13.8 Å². The molecule has 0 rings (SSSR count). The molecule has 0 aromatic carbocycles. The highest BCUT2D eigenvalue weighted by Crippen LogP contribution is 1.97. The van der Waals surface area contributed by atoms with E-state index in [1.54, 1.807) is 14.2 Å². The maximum atomic E-state index is 7.71. The SMILES string of the molecule is COC(C)OC(C)OC.C[SiH2]O.C[SiH2]O. The topological polar surface area (TPSA) is 68.2 Å². The quantitative estimate of drug-likeness (QED) is 0.511. The van der Waals surface area contributed by atoms with Crippen molar-refractivity contribution in [3.8, 4) is 0 Å². The van der Waals surface area contributed by atoms with Crippen molar-refractivity contribution in [2.75, 3.05) is 14.2 Å². The molecule has 0 radical (unpaired) electrons. The normalized spacial score (nSPS) is 14.4. The molecule has 0 saturated heterocycles. The molecule has 0 bridgehead atoms. The Labute approximate surface area is 97.6 Å². The lowest BCUT2D eigenvalue weighted by molar-refractivity contribution is -0.213. The monoisotopic (exact) mass is 258 g/mol. The molecule has 15 heavy (non-hydrogen) atoms. The van der Waals surface area contributed by atoms with Crippen molar-refractivity contribution in [2.24, 2.45) is 0 Å². The Hall–Kier alpha value is 0.234. The van der Waals surface area contributed by atoms with E-state index in [0.29, 0.717) is 0 Å². The lowest BCUT2D eigenvalue weighted by Gasteiger charge is -2.15. The van der Waals surface area contributed by atoms with Crippen LogP contribution in [0.2, 0.25) is 13.1 Å². The molecule has 0 spiro atoms. The summed E-state index contributed by atoms with van der Waals surface area (Å²) in [7, 11) is 2.01. The Kier molecular flexibility index (Phi) is 27.2. The van der Waals surface area contributed by atoms with E-state index in [9.17, 15) is 0 Å². The van der Waals surface area contributed by atoms with E-state index in [0.717, 1.165) is 0 Å². The molecule has 0 aromatic rings. The first-order valence-electron chi connectivity index (χ1n) is 4.96. The summed E-state index contributed by atoms with van der Waals surface area (Å²) in [6.07, 6.45) is -0.389. The zero-order chi connectivity index (χ0) is 12.7. The number of hydrogen-bond donors (Lipinski definition) is 2. The van der Waals surface area contributed by atoms with Crippen LogP contribution in [0, 0.1) is 0 Å². The van der Waals surface area contributed by atoms with Gasteiger partial charge in [-0.1, -0.05) is 13.1 Å². The summed E-state index contributed by atoms with van der Waals surface area (Å²) in [5.74, 6) is 0. The van der Waals surface area contributed by atoms with Gasteiger partial charge in [0.2, 0.25) is 0 Å². The third-order valence-electron chi connectivity index (χ3n) is 1.05. The molecule has 2 N–H and O–H groups in total. The number of hydrogen-bond acceptors (Lipinski definition) is 5. The molecule has 2 atom stereocenters. The lowest BCUT2D eigenvalue weighted by atomic mass is 10.7. The van der Waals surface area contributed by atoms with Crippen molar-refractivity contribution in [2.45, 2.75) is 39.5 Å². The summed E-state index contributed by atoms with van der Waals surface area (Å²) in [6, 6.07) is 0. The van der Waals surface area contributed by atoms with Crippen LogP contribution < -0.4 is 0 Å². The predicted octanol–water partition coefficient (Wildman–Crippen LogP) is -0.791. The Morgan fingerprint density at radius 2 is 1.07 bits per heavy atom. The van der Waals surface area contributed by atoms with Crippen LogP contribution >= 0.6 is 0 Å². The van der Waals surface area contributed by atoms with Gasteiger partial charge in [-0.3, -0.25) is 0 Å². The van der Waals surface area contributed by atoms with E-state index in [-0.39, 0.29) is 12.6 Å². The van der Waals surface area contributed by atoms with E-state index in [1.807, 2.05) is 26.9 Å². The molecule has 5 nitrogen and oxygen atoms in total. The van der Waals surface area contributed by atoms with Crippen LogP contribution in [-0.4, -0.2) is 55.9 Å². The fraction of sp³-hybridized carbons (Fsp3) is 1.00. The van der Waals surface area contributed by atoms with Gasteiger partial charge in [-0.25, -0.2) is 0 Å². The smallest absolute Gasteiger partial charge is 0.157 e. The standard InChI is InChI=1S/C6H14O3.2CH6OSi/c1-5(7-3)9-6(2)8-4;2*1-3-2/h5-6H,1-4H3;2*2H,3H2,1H3. The first-order chi connectivity index (χ1) is 7.03. The zero-order valence-electron chi connectivity index (χ0n) is 10.7. The maximum absolute atomic E-state index is 7.71. The van der Waals surface area contributed by atoms with Crippen molar-refractivity contribution in [3.05, 3.63) is 0 Å². The van der Waals surface area contributed by atoms with Gasteiger partial charge in [0.15, 0.2) is 32.1 Å². The van der Waals surface area contributed by atoms with Crippen LogP contribution in [-0.2, 0) is 14.2 Å². The summed E-state index contributed by atoms with van der Waals surface area (Å²) in [5.41, 5.74) is 0. The van der Waals surface area contributed by atoms with E-state index in [1.165, 1.54) is 0 Å². The average Bonchev–Trinajstić information content (AvgIpc) is 2.20. The Morgan fingerprint density at radius 1 is 0.867 bits per heavy atom. The highest BCUT2D eigenvalue weighted by atomic mass is 28.2. The fourth-order valence-electron chi connectivity index (χ4n) is 0.381. The average molecular weight is 258 g/mol. The second kappa shape index (κ2) is 19.8. The molecule has 2 unspecified atom stereocenters. The van der Waals surface area contributed by atoms with E-state index in [2.05, 4.69) is 0 Å². The van der Waals surface area contributed by atoms with Crippen LogP contribution in [0.15, 0.2) is 0 Å². The summed E-state index contributed by atoms with van der Waals surface area (Å²) >= 11 is 0. The molecule has 0 aliphatic heterocycles. The van der Waals surface area contributed by atoms with Crippen molar-refractivity contribution in [1.29, 1.82) is 0 Å². The summed E-state index contributed by atoms with van der Waals surface area (Å²) in [6.45, 7) is 7.27. The molecule has 0 saturated carbocycles. The predicted molar refractivity (Wildman–Crippen MR) is 67.3 cm³/mol. The van der Waals surface area contributed by atoms with E-state index < -0.39 is 19.5 Å². The largest absolute Gasteiger partial charge is 0.438 e. The van der Waals surface area contributed by atoms with E-state index in [4.69, 9.17) is 23.8 Å². The second-order valence-electron chi connectivity index (χ2n) is 2.38. The molecule has 0 aliphatic rings. The Morgan fingerprint density at radius 3 is 1.20 bits per heavy atom. The third-order valence-corrected chi connectivity index (χ3v) is 1.05. The van der Waals surface area contributed by atoms with Crippen LogP contribution in [0.5, 0.6) is 0 Å². The molecular formula is C8H26O5Si2. The highest BCUT2D eigenvalue weighted by molar-refractivity contribution is 6.22. The first kappa shape index (κ1) is 20.6. The number of ether oxygens (including phenoxy) is 3. The van der Waals surface area contributed by atoms with Gasteiger partial charge in [-0.05, 0) is 13.8 Å². The zero-order valence-corrected chi connectivity index (χ0v) is 13.5. The van der Waals surface area contributed by atoms with Gasteiger partial charge in [0, 0.05) is 14.2 Å². The number of rotatable bonds is 4. The summed E-state index contributed by atoms with van der Waals surface area (Å²) in [5, 5.41) is 0. The highest BCUT2D eigenvalue weighted by Gasteiger charge is 2.03. The van der Waals surface area contributed by atoms with Gasteiger partial charge in [0.25, 0.3) is 0 Å². The molecular weight excluding hydrogens is 232 g/mol. The van der Waals surface area contributed by atoms with Crippen molar-refractivity contribution < 1.29 is 23.8 Å². The minimum absolute atomic E-state index is 0.194. The maximum Gasteiger partial charge on any atom is 0.157 e. The van der Waals surface area contributed by atoms with Crippen molar-refractivity contribution in [3.63, 3.8) is 0 Å². The van der Waals surface area contributed by atoms with E-state index >= 15 is 0 Å². The van der Waals surface area contributed by atoms with Crippen molar-refractivity contribution >= 4 is 19.5 Å². The molecule has 0 fully saturated rings. The molecule has 0 aromatic heterocycles. The third kappa shape index (κ3) is 31.4. The molecule has 0 heterocycles. The van der Waals surface area contributed by atoms with Crippen molar-refractivity contribution in [1.82, 2.24) is 0 Å². The molecule has 7 heteroatoms. The summed E-state index contributed by atoms with van der Waals surface area (Å²) < 4.78 is 14.7. The van der Waals surface area contributed by atoms with Gasteiger partial charge in [-0.15, -0.1) is 0 Å². The first-order valence-corrected chi connectivity index (χ1v) is 9.05. The van der Waals surface area contributed by atoms with Gasteiger partial charge >= 0.3 is 0 Å². The minimum Gasteiger partial charge on any atom is -0.438 e. The molecule has 0 aliphatic carbocycles. The number of methoxy groups -OCH3 is 2. The van der Waals surface area contributed by atoms with Crippen LogP contribution in [0.25, 0.3) is 0 Å². The second-order valence-corrected chi connectivity index (χ2v) is 3.64.